The molecule has 0 fully saturated rings. The van der Waals surface area contributed by atoms with Crippen LogP contribution in [-0.2, 0) is 6.54 Å². The predicted octanol–water partition coefficient (Wildman–Crippen LogP) is -0.830. The molecule has 0 aliphatic carbocycles. The lowest BCUT2D eigenvalue weighted by Gasteiger charge is -1.95. The Balaban J connectivity index is 3.23. The molecule has 0 aliphatic heterocycles. The van der Waals surface area contributed by atoms with Gasteiger partial charge in [0.15, 0.2) is 0 Å². The number of hydrogen-bond acceptors (Lipinski definition) is 2. The van der Waals surface area contributed by atoms with Crippen LogP contribution in [0.25, 0.3) is 0 Å². The summed E-state index contributed by atoms with van der Waals surface area (Å²) in [6.07, 6.45) is 6.33. The van der Waals surface area contributed by atoms with E-state index in [0.29, 0.717) is 0 Å². The number of nitrogens with zero attached hydrogens (tertiary/aromatic N) is 1. The van der Waals surface area contributed by atoms with Gasteiger partial charge in [-0.2, -0.15) is 0 Å². The second kappa shape index (κ2) is 2.88. The van der Waals surface area contributed by atoms with E-state index in [1.165, 1.54) is 16.8 Å². The van der Waals surface area contributed by atoms with Crippen molar-refractivity contribution in [1.29, 1.82) is 0 Å². The molecule has 0 radical (unpaired) electrons. The quantitative estimate of drug-likeness (QED) is 0.531. The highest BCUT2D eigenvalue weighted by Gasteiger charge is 1.91. The maximum absolute atomic E-state index is 10.8. The van der Waals surface area contributed by atoms with E-state index in [9.17, 15) is 9.59 Å². The van der Waals surface area contributed by atoms with Crippen LogP contribution in [0.2, 0.25) is 0 Å². The zero-order chi connectivity index (χ0) is 8.27. The summed E-state index contributed by atoms with van der Waals surface area (Å²) in [5.74, 6) is 2.29. The molecule has 1 N–H and O–H groups in total. The molecule has 0 amide bonds. The number of rotatable bonds is 1. The molecule has 4 nitrogen and oxygen atoms in total. The summed E-state index contributed by atoms with van der Waals surface area (Å²) in [7, 11) is 0. The van der Waals surface area contributed by atoms with E-state index >= 15 is 0 Å². The van der Waals surface area contributed by atoms with Gasteiger partial charge in [0, 0.05) is 12.3 Å². The molecule has 0 aliphatic rings. The molecule has 1 heterocycles. The largest absolute Gasteiger partial charge is 0.329 e. The fourth-order valence-corrected chi connectivity index (χ4v) is 0.667. The minimum absolute atomic E-state index is 0.176. The van der Waals surface area contributed by atoms with Crippen LogP contribution in [0.4, 0.5) is 0 Å². The molecule has 0 saturated heterocycles. The summed E-state index contributed by atoms with van der Waals surface area (Å²) in [6.45, 7) is 0.176. The van der Waals surface area contributed by atoms with Gasteiger partial charge in [-0.3, -0.25) is 14.3 Å². The molecule has 1 aromatic rings. The van der Waals surface area contributed by atoms with Crippen molar-refractivity contribution in [2.45, 2.75) is 6.54 Å². The zero-order valence-corrected chi connectivity index (χ0v) is 5.70. The number of terminal acetylenes is 1. The van der Waals surface area contributed by atoms with E-state index < -0.39 is 11.2 Å². The van der Waals surface area contributed by atoms with Gasteiger partial charge in [0.05, 0.1) is 6.54 Å². The van der Waals surface area contributed by atoms with Crippen LogP contribution >= 0.6 is 0 Å². The Morgan fingerprint density at radius 3 is 2.91 bits per heavy atom. The van der Waals surface area contributed by atoms with Crippen molar-refractivity contribution in [2.75, 3.05) is 0 Å². The van der Waals surface area contributed by atoms with Gasteiger partial charge in [0.25, 0.3) is 5.56 Å². The molecule has 0 atom stereocenters. The molecule has 1 rings (SSSR count). The highest BCUT2D eigenvalue weighted by molar-refractivity contribution is 4.89. The average molecular weight is 150 g/mol. The molecule has 0 unspecified atom stereocenters. The van der Waals surface area contributed by atoms with Crippen LogP contribution in [0, 0.1) is 12.3 Å². The Kier molecular flexibility index (Phi) is 1.93. The van der Waals surface area contributed by atoms with Gasteiger partial charge in [0.1, 0.15) is 0 Å². The highest BCUT2D eigenvalue weighted by Crippen LogP contribution is 1.71. The molecular weight excluding hydrogens is 144 g/mol. The molecule has 0 aromatic carbocycles. The van der Waals surface area contributed by atoms with Crippen molar-refractivity contribution in [3.63, 3.8) is 0 Å². The summed E-state index contributed by atoms with van der Waals surface area (Å²) in [4.78, 5) is 23.4. The van der Waals surface area contributed by atoms with E-state index in [-0.39, 0.29) is 6.54 Å². The van der Waals surface area contributed by atoms with Crippen LogP contribution in [0.5, 0.6) is 0 Å². The number of aromatic amines is 1. The fourth-order valence-electron chi connectivity index (χ4n) is 0.667. The number of H-pyrrole nitrogens is 1. The van der Waals surface area contributed by atoms with E-state index in [4.69, 9.17) is 6.42 Å². The van der Waals surface area contributed by atoms with E-state index in [1.54, 1.807) is 0 Å². The smallest absolute Gasteiger partial charge is 0.289 e. The predicted molar refractivity (Wildman–Crippen MR) is 40.2 cm³/mol. The third kappa shape index (κ3) is 1.58. The summed E-state index contributed by atoms with van der Waals surface area (Å²) in [6, 6.07) is 1.25. The topological polar surface area (TPSA) is 54.9 Å². The van der Waals surface area contributed by atoms with Crippen molar-refractivity contribution in [3.8, 4) is 12.3 Å². The van der Waals surface area contributed by atoms with Crippen molar-refractivity contribution in [1.82, 2.24) is 9.55 Å². The number of nitrogens with one attached hydrogen (secondary N) is 1. The lowest BCUT2D eigenvalue weighted by molar-refractivity contribution is 0.750. The highest BCUT2D eigenvalue weighted by atomic mass is 16.2. The van der Waals surface area contributed by atoms with Crippen LogP contribution in [0.1, 0.15) is 0 Å². The van der Waals surface area contributed by atoms with Gasteiger partial charge in [-0.05, 0) is 0 Å². The van der Waals surface area contributed by atoms with Gasteiger partial charge in [0.2, 0.25) is 0 Å². The lowest BCUT2D eigenvalue weighted by atomic mass is 10.6. The first kappa shape index (κ1) is 7.35. The minimum Gasteiger partial charge on any atom is -0.289 e. The Bertz CT molecular complexity index is 394. The lowest BCUT2D eigenvalue weighted by Crippen LogP contribution is -2.28. The molecule has 0 saturated carbocycles. The average Bonchev–Trinajstić information content (AvgIpc) is 1.95. The summed E-state index contributed by atoms with van der Waals surface area (Å²) in [5, 5.41) is 0. The Morgan fingerprint density at radius 2 is 2.36 bits per heavy atom. The monoisotopic (exact) mass is 150 g/mol. The zero-order valence-electron chi connectivity index (χ0n) is 5.70. The Morgan fingerprint density at radius 1 is 1.64 bits per heavy atom. The third-order valence-corrected chi connectivity index (χ3v) is 1.16. The first-order chi connectivity index (χ1) is 5.24. The second-order valence-electron chi connectivity index (χ2n) is 1.94. The molecular formula is C7H6N2O2. The maximum Gasteiger partial charge on any atom is 0.329 e. The number of aromatic nitrogens is 2. The molecule has 4 heteroatoms. The van der Waals surface area contributed by atoms with Gasteiger partial charge < -0.3 is 0 Å². The van der Waals surface area contributed by atoms with Gasteiger partial charge in [-0.25, -0.2) is 4.79 Å². The van der Waals surface area contributed by atoms with E-state index in [1.807, 2.05) is 0 Å². The van der Waals surface area contributed by atoms with Crippen molar-refractivity contribution >= 4 is 0 Å². The summed E-state index contributed by atoms with van der Waals surface area (Å²) in [5.41, 5.74) is -0.890. The van der Waals surface area contributed by atoms with Crippen LogP contribution in [-0.4, -0.2) is 9.55 Å². The van der Waals surface area contributed by atoms with E-state index in [0.717, 1.165) is 0 Å². The molecule has 1 aromatic heterocycles. The Labute approximate surface area is 62.5 Å². The van der Waals surface area contributed by atoms with Crippen molar-refractivity contribution in [2.24, 2.45) is 0 Å². The second-order valence-corrected chi connectivity index (χ2v) is 1.94. The van der Waals surface area contributed by atoms with Gasteiger partial charge in [-0.1, -0.05) is 5.92 Å². The standard InChI is InChI=1S/C7H6N2O2/c1-2-4-9-5-3-6(10)8-7(9)11/h1,3,5H,4H2,(H,8,10,11). The fraction of sp³-hybridized carbons (Fsp3) is 0.143. The van der Waals surface area contributed by atoms with Gasteiger partial charge >= 0.3 is 5.69 Å². The van der Waals surface area contributed by atoms with Crippen molar-refractivity contribution in [3.05, 3.63) is 33.1 Å². The first-order valence-corrected chi connectivity index (χ1v) is 2.97. The third-order valence-electron chi connectivity index (χ3n) is 1.16. The SMILES string of the molecule is C#CCn1ccc(=O)[nH]c1=O. The first-order valence-electron chi connectivity index (χ1n) is 2.97. The van der Waals surface area contributed by atoms with E-state index in [2.05, 4.69) is 10.9 Å². The van der Waals surface area contributed by atoms with Crippen molar-refractivity contribution < 1.29 is 0 Å². The molecule has 0 bridgehead atoms. The maximum atomic E-state index is 10.8. The Hall–Kier alpha value is -1.76. The van der Waals surface area contributed by atoms with Crippen LogP contribution < -0.4 is 11.2 Å². The molecule has 11 heavy (non-hydrogen) atoms. The summed E-state index contributed by atoms with van der Waals surface area (Å²) >= 11 is 0. The van der Waals surface area contributed by atoms with Gasteiger partial charge in [-0.15, -0.1) is 6.42 Å². The minimum atomic E-state index is -0.476. The van der Waals surface area contributed by atoms with Crippen LogP contribution in [0.3, 0.4) is 0 Å². The summed E-state index contributed by atoms with van der Waals surface area (Å²) < 4.78 is 1.24. The normalized spacial score (nSPS) is 9.00. The van der Waals surface area contributed by atoms with Crippen LogP contribution in [0.15, 0.2) is 21.9 Å². The molecule has 0 spiro atoms. The number of hydrogen-bond donors (Lipinski definition) is 1. The molecule has 56 valence electrons.